The van der Waals surface area contributed by atoms with Crippen LogP contribution in [-0.2, 0) is 6.54 Å². The second-order valence-electron chi connectivity index (χ2n) is 5.29. The number of benzene rings is 1. The van der Waals surface area contributed by atoms with Crippen LogP contribution >= 0.6 is 0 Å². The van der Waals surface area contributed by atoms with Crippen LogP contribution in [0.2, 0.25) is 0 Å². The van der Waals surface area contributed by atoms with E-state index in [1.165, 1.54) is 0 Å². The highest BCUT2D eigenvalue weighted by molar-refractivity contribution is 5.93. The van der Waals surface area contributed by atoms with Gasteiger partial charge in [0.05, 0.1) is 33.1 Å². The average molecular weight is 358 g/mol. The summed E-state index contributed by atoms with van der Waals surface area (Å²) in [5, 5.41) is 6.48. The van der Waals surface area contributed by atoms with Crippen molar-refractivity contribution in [1.82, 2.24) is 10.3 Å². The highest BCUT2D eigenvalue weighted by Crippen LogP contribution is 2.30. The summed E-state index contributed by atoms with van der Waals surface area (Å²) in [5.41, 5.74) is 1.68. The van der Waals surface area contributed by atoms with Crippen molar-refractivity contribution in [2.45, 2.75) is 20.4 Å². The Bertz CT molecular complexity index is 734. The molecule has 0 bridgehead atoms. The first-order valence-corrected chi connectivity index (χ1v) is 8.56. The van der Waals surface area contributed by atoms with Crippen LogP contribution in [0.15, 0.2) is 41.4 Å². The number of anilines is 1. The van der Waals surface area contributed by atoms with Gasteiger partial charge in [-0.25, -0.2) is 9.98 Å². The van der Waals surface area contributed by atoms with Gasteiger partial charge in [-0.15, -0.1) is 0 Å². The Morgan fingerprint density at radius 2 is 1.92 bits per heavy atom. The third kappa shape index (κ3) is 5.54. The number of pyridine rings is 1. The Balaban J connectivity index is 2.13. The molecule has 0 fully saturated rings. The summed E-state index contributed by atoms with van der Waals surface area (Å²) < 4.78 is 16.1. The first-order chi connectivity index (χ1) is 12.7. The summed E-state index contributed by atoms with van der Waals surface area (Å²) in [5.74, 6) is 2.61. The fourth-order valence-electron chi connectivity index (χ4n) is 2.28. The molecule has 2 aromatic rings. The van der Waals surface area contributed by atoms with E-state index in [9.17, 15) is 0 Å². The Labute approximate surface area is 154 Å². The van der Waals surface area contributed by atoms with Crippen LogP contribution in [0, 0.1) is 0 Å². The molecule has 2 N–H and O–H groups in total. The topological polar surface area (TPSA) is 77.0 Å². The maximum absolute atomic E-state index is 5.54. The lowest BCUT2D eigenvalue weighted by Crippen LogP contribution is -2.30. The van der Waals surface area contributed by atoms with Crippen LogP contribution in [0.5, 0.6) is 17.4 Å². The van der Waals surface area contributed by atoms with Gasteiger partial charge in [-0.3, -0.25) is 0 Å². The molecule has 1 aromatic heterocycles. The Morgan fingerprint density at radius 1 is 1.08 bits per heavy atom. The summed E-state index contributed by atoms with van der Waals surface area (Å²) in [6.07, 6.45) is 0. The van der Waals surface area contributed by atoms with Gasteiger partial charge in [0.15, 0.2) is 17.5 Å². The molecule has 0 aliphatic heterocycles. The summed E-state index contributed by atoms with van der Waals surface area (Å²) in [4.78, 5) is 8.94. The maximum Gasteiger partial charge on any atom is 0.213 e. The number of aromatic nitrogens is 1. The number of rotatable bonds is 8. The number of methoxy groups -OCH3 is 2. The molecule has 0 atom stereocenters. The zero-order valence-electron chi connectivity index (χ0n) is 15.7. The van der Waals surface area contributed by atoms with E-state index >= 15 is 0 Å². The van der Waals surface area contributed by atoms with Gasteiger partial charge < -0.3 is 24.8 Å². The number of ether oxygens (including phenoxy) is 3. The predicted molar refractivity (Wildman–Crippen MR) is 103 cm³/mol. The van der Waals surface area contributed by atoms with Crippen molar-refractivity contribution in [3.05, 3.63) is 42.1 Å². The normalized spacial score (nSPS) is 11.0. The van der Waals surface area contributed by atoms with Crippen molar-refractivity contribution in [3.63, 3.8) is 0 Å². The number of hydrogen-bond acceptors (Lipinski definition) is 5. The molecule has 0 unspecified atom stereocenters. The molecular weight excluding hydrogens is 332 g/mol. The molecule has 0 amide bonds. The van der Waals surface area contributed by atoms with Crippen LogP contribution < -0.4 is 24.8 Å². The van der Waals surface area contributed by atoms with Crippen LogP contribution in [0.4, 0.5) is 5.69 Å². The predicted octanol–water partition coefficient (Wildman–Crippen LogP) is 3.08. The van der Waals surface area contributed by atoms with E-state index in [-0.39, 0.29) is 0 Å². The van der Waals surface area contributed by atoms with Gasteiger partial charge in [0, 0.05) is 24.4 Å². The smallest absolute Gasteiger partial charge is 0.213 e. The van der Waals surface area contributed by atoms with Gasteiger partial charge in [0.25, 0.3) is 0 Å². The van der Waals surface area contributed by atoms with E-state index in [1.807, 2.05) is 50.2 Å². The van der Waals surface area contributed by atoms with Crippen molar-refractivity contribution in [2.75, 3.05) is 32.7 Å². The molecule has 2 rings (SSSR count). The van der Waals surface area contributed by atoms with Crippen molar-refractivity contribution >= 4 is 11.6 Å². The van der Waals surface area contributed by atoms with E-state index in [0.29, 0.717) is 36.5 Å². The van der Waals surface area contributed by atoms with E-state index in [2.05, 4.69) is 20.6 Å². The highest BCUT2D eigenvalue weighted by Gasteiger charge is 2.07. The van der Waals surface area contributed by atoms with Crippen LogP contribution in [-0.4, -0.2) is 38.3 Å². The Kier molecular flexibility index (Phi) is 7.54. The molecule has 26 heavy (non-hydrogen) atoms. The number of nitrogens with zero attached hydrogens (tertiary/aromatic N) is 2. The third-order valence-electron chi connectivity index (χ3n) is 3.46. The van der Waals surface area contributed by atoms with Gasteiger partial charge in [0.1, 0.15) is 0 Å². The van der Waals surface area contributed by atoms with Crippen LogP contribution in [0.3, 0.4) is 0 Å². The lowest BCUT2D eigenvalue weighted by molar-refractivity contribution is 0.311. The SMILES string of the molecule is CCNC(=NCc1cccc(OC)n1)Nc1ccc(OCC)c(OC)c1. The quantitative estimate of drug-likeness (QED) is 0.558. The minimum atomic E-state index is 0.431. The first kappa shape index (κ1) is 19.4. The Morgan fingerprint density at radius 3 is 2.62 bits per heavy atom. The van der Waals surface area contributed by atoms with Crippen molar-refractivity contribution < 1.29 is 14.2 Å². The standard InChI is InChI=1S/C19H26N4O3/c1-5-20-19(21-13-15-8-7-9-18(22-15)25-4)23-14-10-11-16(26-6-2)17(12-14)24-3/h7-12H,5-6,13H2,1-4H3,(H2,20,21,23). The van der Waals surface area contributed by atoms with Crippen LogP contribution in [0.1, 0.15) is 19.5 Å². The maximum atomic E-state index is 5.54. The number of guanidine groups is 1. The number of hydrogen-bond donors (Lipinski definition) is 2. The van der Waals surface area contributed by atoms with Gasteiger partial charge in [-0.1, -0.05) is 6.07 Å². The van der Waals surface area contributed by atoms with E-state index in [4.69, 9.17) is 14.2 Å². The molecule has 1 heterocycles. The first-order valence-electron chi connectivity index (χ1n) is 8.56. The molecule has 7 heteroatoms. The van der Waals surface area contributed by atoms with Gasteiger partial charge >= 0.3 is 0 Å². The zero-order valence-corrected chi connectivity index (χ0v) is 15.7. The molecule has 7 nitrogen and oxygen atoms in total. The zero-order chi connectivity index (χ0) is 18.8. The second-order valence-corrected chi connectivity index (χ2v) is 5.29. The monoisotopic (exact) mass is 358 g/mol. The number of nitrogens with one attached hydrogen (secondary N) is 2. The lowest BCUT2D eigenvalue weighted by atomic mass is 10.2. The minimum absolute atomic E-state index is 0.431. The molecule has 0 saturated carbocycles. The van der Waals surface area contributed by atoms with Gasteiger partial charge in [-0.05, 0) is 32.0 Å². The van der Waals surface area contributed by atoms with Gasteiger partial charge in [0.2, 0.25) is 5.88 Å². The molecule has 0 spiro atoms. The van der Waals surface area contributed by atoms with Crippen molar-refractivity contribution in [2.24, 2.45) is 4.99 Å². The third-order valence-corrected chi connectivity index (χ3v) is 3.46. The molecule has 0 saturated heterocycles. The van der Waals surface area contributed by atoms with E-state index < -0.39 is 0 Å². The molecule has 0 aliphatic carbocycles. The summed E-state index contributed by atoms with van der Waals surface area (Å²) in [7, 11) is 3.22. The van der Waals surface area contributed by atoms with E-state index in [1.54, 1.807) is 14.2 Å². The van der Waals surface area contributed by atoms with E-state index in [0.717, 1.165) is 17.9 Å². The molecule has 140 valence electrons. The molecule has 0 aliphatic rings. The average Bonchev–Trinajstić information content (AvgIpc) is 2.67. The van der Waals surface area contributed by atoms with Gasteiger partial charge in [-0.2, -0.15) is 0 Å². The largest absolute Gasteiger partial charge is 0.493 e. The van der Waals surface area contributed by atoms with Crippen LogP contribution in [0.25, 0.3) is 0 Å². The summed E-state index contributed by atoms with van der Waals surface area (Å²) in [6.45, 7) is 5.71. The summed E-state index contributed by atoms with van der Waals surface area (Å²) >= 11 is 0. The molecule has 1 aromatic carbocycles. The minimum Gasteiger partial charge on any atom is -0.493 e. The molecular formula is C19H26N4O3. The highest BCUT2D eigenvalue weighted by atomic mass is 16.5. The molecule has 0 radical (unpaired) electrons. The second kappa shape index (κ2) is 10.1. The fourth-order valence-corrected chi connectivity index (χ4v) is 2.28. The number of aliphatic imine (C=N–C) groups is 1. The van der Waals surface area contributed by atoms with Crippen molar-refractivity contribution in [1.29, 1.82) is 0 Å². The lowest BCUT2D eigenvalue weighted by Gasteiger charge is -2.14. The summed E-state index contributed by atoms with van der Waals surface area (Å²) in [6, 6.07) is 11.3. The fraction of sp³-hybridized carbons (Fsp3) is 0.368. The van der Waals surface area contributed by atoms with Crippen molar-refractivity contribution in [3.8, 4) is 17.4 Å². The Hall–Kier alpha value is -2.96.